The van der Waals surface area contributed by atoms with Gasteiger partial charge in [-0.3, -0.25) is 9.78 Å². The Morgan fingerprint density at radius 2 is 1.96 bits per heavy atom. The summed E-state index contributed by atoms with van der Waals surface area (Å²) in [7, 11) is 0. The zero-order valence-corrected chi connectivity index (χ0v) is 13.6. The summed E-state index contributed by atoms with van der Waals surface area (Å²) in [4.78, 5) is 16.8. The van der Waals surface area contributed by atoms with Gasteiger partial charge in [0, 0.05) is 24.5 Å². The van der Waals surface area contributed by atoms with Crippen LogP contribution in [0.5, 0.6) is 0 Å². The number of rotatable bonds is 5. The van der Waals surface area contributed by atoms with Gasteiger partial charge >= 0.3 is 0 Å². The van der Waals surface area contributed by atoms with Crippen LogP contribution in [-0.2, 0) is 11.3 Å². The molecule has 0 aliphatic heterocycles. The van der Waals surface area contributed by atoms with Crippen molar-refractivity contribution in [1.82, 2.24) is 10.3 Å². The lowest BCUT2D eigenvalue weighted by atomic mass is 9.71. The number of fused-ring (bicyclic) bond motifs is 1. The highest BCUT2D eigenvalue weighted by Gasteiger charge is 2.32. The summed E-state index contributed by atoms with van der Waals surface area (Å²) in [5.74, 6) is 0.102. The van der Waals surface area contributed by atoms with Gasteiger partial charge in [0.15, 0.2) is 0 Å². The molecule has 0 spiro atoms. The van der Waals surface area contributed by atoms with Crippen LogP contribution in [-0.4, -0.2) is 17.4 Å². The van der Waals surface area contributed by atoms with Gasteiger partial charge in [-0.1, -0.05) is 43.5 Å². The second-order valence-electron chi connectivity index (χ2n) is 6.71. The first-order valence-corrected chi connectivity index (χ1v) is 8.52. The minimum Gasteiger partial charge on any atom is -0.352 e. The number of hydrogen-bond donors (Lipinski definition) is 2. The second kappa shape index (κ2) is 7.09. The molecule has 23 heavy (non-hydrogen) atoms. The number of aromatic nitrogens is 1. The van der Waals surface area contributed by atoms with Gasteiger partial charge in [0.05, 0.1) is 5.52 Å². The summed E-state index contributed by atoms with van der Waals surface area (Å²) in [5, 5.41) is 4.16. The first-order valence-electron chi connectivity index (χ1n) is 8.52. The van der Waals surface area contributed by atoms with Gasteiger partial charge in [0.1, 0.15) is 0 Å². The molecule has 3 N–H and O–H groups in total. The number of carbonyl (C=O) groups is 1. The normalized spacial score (nSPS) is 17.1. The number of benzene rings is 1. The van der Waals surface area contributed by atoms with Crippen molar-refractivity contribution < 1.29 is 4.79 Å². The zero-order chi connectivity index (χ0) is 16.1. The molecule has 0 unspecified atom stereocenters. The summed E-state index contributed by atoms with van der Waals surface area (Å²) < 4.78 is 0. The molecule has 4 heteroatoms. The van der Waals surface area contributed by atoms with E-state index in [0.29, 0.717) is 19.5 Å². The van der Waals surface area contributed by atoms with Crippen LogP contribution >= 0.6 is 0 Å². The highest BCUT2D eigenvalue weighted by Crippen LogP contribution is 2.38. The third kappa shape index (κ3) is 3.70. The SMILES string of the molecule is NCC1(CC(=O)NCc2cccc3cccnc23)CCCCC1. The molecule has 3 rings (SSSR count). The van der Waals surface area contributed by atoms with Crippen molar-refractivity contribution in [1.29, 1.82) is 0 Å². The van der Waals surface area contributed by atoms with Gasteiger partial charge in [-0.2, -0.15) is 0 Å². The largest absolute Gasteiger partial charge is 0.352 e. The Balaban J connectivity index is 1.64. The summed E-state index contributed by atoms with van der Waals surface area (Å²) in [6, 6.07) is 10.0. The van der Waals surface area contributed by atoms with Crippen LogP contribution < -0.4 is 11.1 Å². The van der Waals surface area contributed by atoms with E-state index in [0.717, 1.165) is 29.3 Å². The number of para-hydroxylation sites is 1. The molecular weight excluding hydrogens is 286 g/mol. The summed E-state index contributed by atoms with van der Waals surface area (Å²) in [6.45, 7) is 1.13. The second-order valence-corrected chi connectivity index (χ2v) is 6.71. The number of nitrogens with zero attached hydrogens (tertiary/aromatic N) is 1. The Morgan fingerprint density at radius 3 is 2.74 bits per heavy atom. The lowest BCUT2D eigenvalue weighted by Crippen LogP contribution is -2.38. The third-order valence-electron chi connectivity index (χ3n) is 5.08. The molecule has 1 saturated carbocycles. The fourth-order valence-electron chi connectivity index (χ4n) is 3.66. The molecule has 1 aliphatic rings. The van der Waals surface area contributed by atoms with Gasteiger partial charge in [-0.15, -0.1) is 0 Å². The van der Waals surface area contributed by atoms with Crippen LogP contribution in [0.4, 0.5) is 0 Å². The maximum Gasteiger partial charge on any atom is 0.220 e. The van der Waals surface area contributed by atoms with Crippen molar-refractivity contribution >= 4 is 16.8 Å². The van der Waals surface area contributed by atoms with Crippen LogP contribution in [0.25, 0.3) is 10.9 Å². The van der Waals surface area contributed by atoms with Crippen molar-refractivity contribution in [3.63, 3.8) is 0 Å². The summed E-state index contributed by atoms with van der Waals surface area (Å²) >= 11 is 0. The monoisotopic (exact) mass is 311 g/mol. The number of nitrogens with one attached hydrogen (secondary N) is 1. The van der Waals surface area contributed by atoms with E-state index in [1.54, 1.807) is 6.20 Å². The highest BCUT2D eigenvalue weighted by molar-refractivity contribution is 5.82. The Bertz CT molecular complexity index is 672. The molecule has 1 aromatic heterocycles. The molecule has 1 heterocycles. The number of carbonyl (C=O) groups excluding carboxylic acids is 1. The predicted molar refractivity (Wildman–Crippen MR) is 92.8 cm³/mol. The first-order chi connectivity index (χ1) is 11.2. The fourth-order valence-corrected chi connectivity index (χ4v) is 3.66. The fraction of sp³-hybridized carbons (Fsp3) is 0.474. The Hall–Kier alpha value is -1.94. The molecule has 0 saturated heterocycles. The maximum absolute atomic E-state index is 12.4. The van der Waals surface area contributed by atoms with Crippen LogP contribution in [0, 0.1) is 5.41 Å². The molecule has 1 amide bonds. The maximum atomic E-state index is 12.4. The Labute approximate surface area is 137 Å². The van der Waals surface area contributed by atoms with Crippen molar-refractivity contribution in [2.45, 2.75) is 45.1 Å². The smallest absolute Gasteiger partial charge is 0.220 e. The molecule has 0 bridgehead atoms. The minimum absolute atomic E-state index is 0.0132. The number of amides is 1. The Morgan fingerprint density at radius 1 is 1.17 bits per heavy atom. The summed E-state index contributed by atoms with van der Waals surface area (Å²) in [5.41, 5.74) is 8.01. The standard InChI is InChI=1S/C19H25N3O/c20-14-19(9-2-1-3-10-19)12-17(23)22-13-16-7-4-6-15-8-5-11-21-18(15)16/h4-8,11H,1-3,9-10,12-14,20H2,(H,22,23). The van der Waals surface area contributed by atoms with Crippen LogP contribution in [0.3, 0.4) is 0 Å². The van der Waals surface area contributed by atoms with Crippen molar-refractivity contribution in [2.24, 2.45) is 11.1 Å². The molecule has 1 fully saturated rings. The van der Waals surface area contributed by atoms with Gasteiger partial charge < -0.3 is 11.1 Å². The number of pyridine rings is 1. The van der Waals surface area contributed by atoms with E-state index < -0.39 is 0 Å². The minimum atomic E-state index is 0.0132. The summed E-state index contributed by atoms with van der Waals surface area (Å²) in [6.07, 6.45) is 8.14. The van der Waals surface area contributed by atoms with E-state index in [9.17, 15) is 4.79 Å². The number of hydrogen-bond acceptors (Lipinski definition) is 3. The average molecular weight is 311 g/mol. The van der Waals surface area contributed by atoms with E-state index >= 15 is 0 Å². The lowest BCUT2D eigenvalue weighted by Gasteiger charge is -2.35. The molecule has 1 aromatic carbocycles. The van der Waals surface area contributed by atoms with Gasteiger partial charge in [0.2, 0.25) is 5.91 Å². The van der Waals surface area contributed by atoms with Crippen LogP contribution in [0.15, 0.2) is 36.5 Å². The quantitative estimate of drug-likeness (QED) is 0.891. The Kier molecular flexibility index (Phi) is 4.91. The van der Waals surface area contributed by atoms with E-state index in [1.807, 2.05) is 30.3 Å². The third-order valence-corrected chi connectivity index (χ3v) is 5.08. The van der Waals surface area contributed by atoms with Gasteiger partial charge in [-0.05, 0) is 36.4 Å². The topological polar surface area (TPSA) is 68.0 Å². The van der Waals surface area contributed by atoms with E-state index in [1.165, 1.54) is 19.3 Å². The molecular formula is C19H25N3O. The van der Waals surface area contributed by atoms with Crippen LogP contribution in [0.2, 0.25) is 0 Å². The van der Waals surface area contributed by atoms with Crippen molar-refractivity contribution in [3.05, 3.63) is 42.1 Å². The molecule has 4 nitrogen and oxygen atoms in total. The highest BCUT2D eigenvalue weighted by atomic mass is 16.1. The number of nitrogens with two attached hydrogens (primary N) is 1. The van der Waals surface area contributed by atoms with E-state index in [4.69, 9.17) is 5.73 Å². The van der Waals surface area contributed by atoms with E-state index in [2.05, 4.69) is 10.3 Å². The molecule has 0 atom stereocenters. The van der Waals surface area contributed by atoms with E-state index in [-0.39, 0.29) is 11.3 Å². The van der Waals surface area contributed by atoms with Crippen molar-refractivity contribution in [2.75, 3.05) is 6.54 Å². The average Bonchev–Trinajstić information content (AvgIpc) is 2.60. The molecule has 0 radical (unpaired) electrons. The zero-order valence-electron chi connectivity index (χ0n) is 13.6. The van der Waals surface area contributed by atoms with Crippen LogP contribution in [0.1, 0.15) is 44.1 Å². The van der Waals surface area contributed by atoms with Gasteiger partial charge in [0.25, 0.3) is 0 Å². The predicted octanol–water partition coefficient (Wildman–Crippen LogP) is 3.15. The lowest BCUT2D eigenvalue weighted by molar-refractivity contribution is -0.124. The van der Waals surface area contributed by atoms with Gasteiger partial charge in [-0.25, -0.2) is 0 Å². The van der Waals surface area contributed by atoms with Crippen molar-refractivity contribution in [3.8, 4) is 0 Å². The molecule has 1 aliphatic carbocycles. The first kappa shape index (κ1) is 15.9. The molecule has 122 valence electrons. The molecule has 2 aromatic rings.